The van der Waals surface area contributed by atoms with E-state index in [1.54, 1.807) is 18.2 Å². The lowest BCUT2D eigenvalue weighted by Gasteiger charge is -2.56. The summed E-state index contributed by atoms with van der Waals surface area (Å²) in [6.07, 6.45) is 9.17. The third-order valence-corrected chi connectivity index (χ3v) is 7.08. The molecule has 0 spiro atoms. The Bertz CT molecular complexity index is 786. The number of amides is 2. The SMILES string of the molecule is CS(=O)(=O)Nc1cccc(CNC(=O)NCC23CC4CC(CC(C4)C2)C3)c1. The molecule has 0 radical (unpaired) electrons. The molecule has 1 aromatic rings. The van der Waals surface area contributed by atoms with Crippen molar-refractivity contribution in [1.82, 2.24) is 10.6 Å². The van der Waals surface area contributed by atoms with Crippen molar-refractivity contribution in [2.45, 2.75) is 45.1 Å². The maximum absolute atomic E-state index is 12.3. The van der Waals surface area contributed by atoms with Crippen LogP contribution in [-0.2, 0) is 16.6 Å². The molecule has 4 fully saturated rings. The van der Waals surface area contributed by atoms with Gasteiger partial charge in [-0.3, -0.25) is 4.72 Å². The number of urea groups is 1. The number of hydrogen-bond acceptors (Lipinski definition) is 3. The minimum Gasteiger partial charge on any atom is -0.338 e. The fourth-order valence-electron chi connectivity index (χ4n) is 5.98. The summed E-state index contributed by atoms with van der Waals surface area (Å²) in [4.78, 5) is 12.3. The number of sulfonamides is 1. The minimum atomic E-state index is -3.31. The zero-order chi connectivity index (χ0) is 19.1. The van der Waals surface area contributed by atoms with Gasteiger partial charge in [0.15, 0.2) is 0 Å². The van der Waals surface area contributed by atoms with Crippen molar-refractivity contribution in [3.63, 3.8) is 0 Å². The highest BCUT2D eigenvalue weighted by atomic mass is 32.2. The molecule has 148 valence electrons. The summed E-state index contributed by atoms with van der Waals surface area (Å²) in [6.45, 7) is 1.14. The Hall–Kier alpha value is -1.76. The van der Waals surface area contributed by atoms with Gasteiger partial charge in [-0.15, -0.1) is 0 Å². The van der Waals surface area contributed by atoms with Crippen LogP contribution in [-0.4, -0.2) is 27.2 Å². The van der Waals surface area contributed by atoms with Gasteiger partial charge >= 0.3 is 6.03 Å². The van der Waals surface area contributed by atoms with Crippen LogP contribution in [0.25, 0.3) is 0 Å². The normalized spacial score (nSPS) is 31.5. The molecule has 0 heterocycles. The predicted octanol–water partition coefficient (Wildman–Crippen LogP) is 3.07. The lowest BCUT2D eigenvalue weighted by atomic mass is 9.49. The standard InChI is InChI=1S/C20H29N3O3S/c1-27(25,26)23-18-4-2-3-14(8-18)12-21-19(24)22-13-20-9-15-5-16(10-20)7-17(6-15)11-20/h2-4,8,15-17,23H,5-7,9-13H2,1H3,(H2,21,22,24). The third kappa shape index (κ3) is 4.57. The Morgan fingerprint density at radius 3 is 2.30 bits per heavy atom. The van der Waals surface area contributed by atoms with Crippen molar-refractivity contribution in [1.29, 1.82) is 0 Å². The topological polar surface area (TPSA) is 87.3 Å². The smallest absolute Gasteiger partial charge is 0.315 e. The second-order valence-corrected chi connectivity index (χ2v) is 10.8. The predicted molar refractivity (Wildman–Crippen MR) is 106 cm³/mol. The van der Waals surface area contributed by atoms with E-state index in [9.17, 15) is 13.2 Å². The molecule has 4 aliphatic rings. The van der Waals surface area contributed by atoms with Gasteiger partial charge in [0.05, 0.1) is 6.26 Å². The summed E-state index contributed by atoms with van der Waals surface area (Å²) in [6, 6.07) is 6.93. The van der Waals surface area contributed by atoms with Gasteiger partial charge in [-0.05, 0) is 79.4 Å². The van der Waals surface area contributed by atoms with E-state index in [2.05, 4.69) is 15.4 Å². The Morgan fingerprint density at radius 1 is 1.07 bits per heavy atom. The average molecular weight is 392 g/mol. The second kappa shape index (κ2) is 7.00. The van der Waals surface area contributed by atoms with Gasteiger partial charge in [-0.1, -0.05) is 12.1 Å². The summed E-state index contributed by atoms with van der Waals surface area (Å²) in [5.74, 6) is 2.64. The number of carbonyl (C=O) groups excluding carboxylic acids is 1. The first-order chi connectivity index (χ1) is 12.8. The van der Waals surface area contributed by atoms with Gasteiger partial charge in [0.1, 0.15) is 0 Å². The van der Waals surface area contributed by atoms with Gasteiger partial charge in [0, 0.05) is 18.8 Å². The van der Waals surface area contributed by atoms with Crippen LogP contribution < -0.4 is 15.4 Å². The number of nitrogens with one attached hydrogen (secondary N) is 3. The molecular formula is C20H29N3O3S. The minimum absolute atomic E-state index is 0.146. The van der Waals surface area contributed by atoms with E-state index < -0.39 is 10.0 Å². The highest BCUT2D eigenvalue weighted by molar-refractivity contribution is 7.92. The molecule has 4 saturated carbocycles. The molecule has 0 atom stereocenters. The molecule has 1 aromatic carbocycles. The Morgan fingerprint density at radius 2 is 1.70 bits per heavy atom. The molecule has 7 heteroatoms. The molecule has 4 bridgehead atoms. The first-order valence-electron chi connectivity index (χ1n) is 9.87. The van der Waals surface area contributed by atoms with Gasteiger partial charge in [-0.2, -0.15) is 0 Å². The summed E-state index contributed by atoms with van der Waals surface area (Å²) in [5, 5.41) is 6.00. The third-order valence-electron chi connectivity index (χ3n) is 6.47. The number of rotatable bonds is 6. The van der Waals surface area contributed by atoms with Crippen molar-refractivity contribution < 1.29 is 13.2 Å². The number of carbonyl (C=O) groups is 1. The lowest BCUT2D eigenvalue weighted by Crippen LogP contribution is -2.52. The van der Waals surface area contributed by atoms with Crippen molar-refractivity contribution in [2.24, 2.45) is 23.2 Å². The van der Waals surface area contributed by atoms with E-state index in [4.69, 9.17) is 0 Å². The zero-order valence-corrected chi connectivity index (χ0v) is 16.6. The van der Waals surface area contributed by atoms with Crippen LogP contribution in [0.1, 0.15) is 44.1 Å². The van der Waals surface area contributed by atoms with E-state index in [1.165, 1.54) is 38.5 Å². The fourth-order valence-corrected chi connectivity index (χ4v) is 6.53. The van der Waals surface area contributed by atoms with Gasteiger partial charge in [0.2, 0.25) is 10.0 Å². The van der Waals surface area contributed by atoms with E-state index in [-0.39, 0.29) is 6.03 Å². The van der Waals surface area contributed by atoms with E-state index in [0.717, 1.165) is 36.1 Å². The summed E-state index contributed by atoms with van der Waals surface area (Å²) < 4.78 is 25.1. The number of anilines is 1. The Kier molecular flexibility index (Phi) is 4.82. The number of benzene rings is 1. The molecule has 0 unspecified atom stereocenters. The van der Waals surface area contributed by atoms with Crippen LogP contribution in [0.3, 0.4) is 0 Å². The quantitative estimate of drug-likeness (QED) is 0.696. The Balaban J connectivity index is 1.27. The van der Waals surface area contributed by atoms with Crippen LogP contribution in [0.4, 0.5) is 10.5 Å². The van der Waals surface area contributed by atoms with Crippen LogP contribution >= 0.6 is 0 Å². The molecular weight excluding hydrogens is 362 g/mol. The van der Waals surface area contributed by atoms with Crippen molar-refractivity contribution in [3.05, 3.63) is 29.8 Å². The molecule has 6 nitrogen and oxygen atoms in total. The highest BCUT2D eigenvalue weighted by Crippen LogP contribution is 2.59. The van der Waals surface area contributed by atoms with E-state index in [0.29, 0.717) is 17.6 Å². The highest BCUT2D eigenvalue weighted by Gasteiger charge is 2.50. The van der Waals surface area contributed by atoms with Gasteiger partial charge in [-0.25, -0.2) is 13.2 Å². The molecule has 27 heavy (non-hydrogen) atoms. The monoisotopic (exact) mass is 391 g/mol. The van der Waals surface area contributed by atoms with Crippen molar-refractivity contribution in [2.75, 3.05) is 17.5 Å². The van der Waals surface area contributed by atoms with Crippen LogP contribution in [0.15, 0.2) is 24.3 Å². The molecule has 2 amide bonds. The number of hydrogen-bond donors (Lipinski definition) is 3. The fraction of sp³-hybridized carbons (Fsp3) is 0.650. The van der Waals surface area contributed by atoms with Crippen LogP contribution in [0, 0.1) is 23.2 Å². The lowest BCUT2D eigenvalue weighted by molar-refractivity contribution is -0.0498. The van der Waals surface area contributed by atoms with E-state index >= 15 is 0 Å². The molecule has 3 N–H and O–H groups in total. The van der Waals surface area contributed by atoms with Gasteiger partial charge in [0.25, 0.3) is 0 Å². The first kappa shape index (κ1) is 18.6. The van der Waals surface area contributed by atoms with Crippen LogP contribution in [0.2, 0.25) is 0 Å². The van der Waals surface area contributed by atoms with E-state index in [1.807, 2.05) is 6.07 Å². The molecule has 4 aliphatic carbocycles. The van der Waals surface area contributed by atoms with Gasteiger partial charge < -0.3 is 10.6 Å². The largest absolute Gasteiger partial charge is 0.338 e. The van der Waals surface area contributed by atoms with Crippen molar-refractivity contribution in [3.8, 4) is 0 Å². The summed E-state index contributed by atoms with van der Waals surface area (Å²) >= 11 is 0. The first-order valence-corrected chi connectivity index (χ1v) is 11.8. The maximum atomic E-state index is 12.3. The Labute approximate surface area is 161 Å². The second-order valence-electron chi connectivity index (χ2n) is 9.03. The zero-order valence-electron chi connectivity index (χ0n) is 15.8. The molecule has 0 saturated heterocycles. The average Bonchev–Trinajstić information content (AvgIpc) is 2.56. The van der Waals surface area contributed by atoms with Crippen molar-refractivity contribution >= 4 is 21.7 Å². The molecule has 5 rings (SSSR count). The maximum Gasteiger partial charge on any atom is 0.315 e. The molecule has 0 aromatic heterocycles. The summed E-state index contributed by atoms with van der Waals surface area (Å²) in [5.41, 5.74) is 1.69. The summed E-state index contributed by atoms with van der Waals surface area (Å²) in [7, 11) is -3.31. The molecule has 0 aliphatic heterocycles. The van der Waals surface area contributed by atoms with Crippen LogP contribution in [0.5, 0.6) is 0 Å².